The number of nitrogens with zero attached hydrogens (tertiary/aromatic N) is 6. The van der Waals surface area contributed by atoms with Crippen molar-refractivity contribution in [3.63, 3.8) is 0 Å². The Balaban J connectivity index is 0.981. The van der Waals surface area contributed by atoms with Gasteiger partial charge in [-0.15, -0.1) is 0 Å². The number of rotatable bonds is 9. The third-order valence-corrected chi connectivity index (χ3v) is 12.3. The van der Waals surface area contributed by atoms with Crippen LogP contribution in [0.5, 0.6) is 0 Å². The maximum atomic E-state index is 5.24. The molecule has 1 N–H and O–H groups in total. The van der Waals surface area contributed by atoms with E-state index in [9.17, 15) is 0 Å². The summed E-state index contributed by atoms with van der Waals surface area (Å²) < 4.78 is 2.37. The summed E-state index contributed by atoms with van der Waals surface area (Å²) in [7, 11) is 0. The second-order valence-electron chi connectivity index (χ2n) is 16.5. The zero-order valence-electron chi connectivity index (χ0n) is 36.3. The third kappa shape index (κ3) is 7.64. The lowest BCUT2D eigenvalue weighted by Gasteiger charge is -2.24. The number of amidine groups is 2. The van der Waals surface area contributed by atoms with Crippen LogP contribution < -0.4 is 5.32 Å². The Morgan fingerprint density at radius 2 is 0.910 bits per heavy atom. The van der Waals surface area contributed by atoms with Gasteiger partial charge in [-0.3, -0.25) is 0 Å². The van der Waals surface area contributed by atoms with E-state index in [-0.39, 0.29) is 0 Å². The molecule has 0 aliphatic carbocycles. The quantitative estimate of drug-likeness (QED) is 0.157. The molecule has 67 heavy (non-hydrogen) atoms. The van der Waals surface area contributed by atoms with E-state index >= 15 is 0 Å². The molecule has 316 valence electrons. The van der Waals surface area contributed by atoms with Crippen LogP contribution in [0.15, 0.2) is 247 Å². The van der Waals surface area contributed by atoms with Gasteiger partial charge in [-0.2, -0.15) is 0 Å². The van der Waals surface area contributed by atoms with Crippen LogP contribution in [-0.2, 0) is 0 Å². The Labute approximate surface area is 388 Å². The van der Waals surface area contributed by atoms with Gasteiger partial charge in [0.2, 0.25) is 0 Å². The Morgan fingerprint density at radius 1 is 0.373 bits per heavy atom. The normalized spacial score (nSPS) is 13.5. The van der Waals surface area contributed by atoms with Gasteiger partial charge in [-0.05, 0) is 70.3 Å². The van der Waals surface area contributed by atoms with Gasteiger partial charge in [0, 0.05) is 44.3 Å². The fraction of sp³-hybridized carbons (Fsp3) is 0.0167. The molecule has 0 fully saturated rings. The number of aromatic nitrogens is 4. The van der Waals surface area contributed by atoms with E-state index in [2.05, 4.69) is 162 Å². The fourth-order valence-electron chi connectivity index (χ4n) is 9.08. The fourth-order valence-corrected chi connectivity index (χ4v) is 9.08. The zero-order valence-corrected chi connectivity index (χ0v) is 36.3. The predicted octanol–water partition coefficient (Wildman–Crippen LogP) is 13.8. The predicted molar refractivity (Wildman–Crippen MR) is 273 cm³/mol. The van der Waals surface area contributed by atoms with Crippen LogP contribution >= 0.6 is 0 Å². The Hall–Kier alpha value is -9.07. The molecule has 1 unspecified atom stereocenters. The standard InChI is InChI=1S/C60H41N7/c1-6-19-40(20-7-1)44-35-36-52-51(39-44)54-50(33-18-34-53(54)67(52)49-31-14-5-15-32-49)45-27-16-28-46(37-45)58-64-57(43-25-12-4-13-26-43)65-60(66-58)48-30-17-29-47(38-48)59-62-55(41-21-8-2-9-22-41)61-56(63-59)42-23-10-3-11-24-42/h1-39,59H,(H,61,62,63). The maximum absolute atomic E-state index is 5.24. The molecular formula is C60H41N7. The van der Waals surface area contributed by atoms with Crippen molar-refractivity contribution < 1.29 is 0 Å². The third-order valence-electron chi connectivity index (χ3n) is 12.3. The highest BCUT2D eigenvalue weighted by Gasteiger charge is 2.23. The Morgan fingerprint density at radius 3 is 1.60 bits per heavy atom. The van der Waals surface area contributed by atoms with Gasteiger partial charge in [0.25, 0.3) is 0 Å². The zero-order chi connectivity index (χ0) is 44.5. The van der Waals surface area contributed by atoms with Crippen LogP contribution in [0.2, 0.25) is 0 Å². The molecule has 11 aromatic rings. The number of para-hydroxylation sites is 1. The molecule has 0 saturated carbocycles. The molecule has 7 nitrogen and oxygen atoms in total. The van der Waals surface area contributed by atoms with Crippen LogP contribution in [0.25, 0.3) is 83.9 Å². The van der Waals surface area contributed by atoms with Gasteiger partial charge >= 0.3 is 0 Å². The lowest BCUT2D eigenvalue weighted by Crippen LogP contribution is -2.33. The summed E-state index contributed by atoms with van der Waals surface area (Å²) in [5, 5.41) is 5.98. The number of fused-ring (bicyclic) bond motifs is 3. The highest BCUT2D eigenvalue weighted by atomic mass is 15.2. The second kappa shape index (κ2) is 17.1. The first-order valence-corrected chi connectivity index (χ1v) is 22.4. The number of nitrogens with one attached hydrogen (secondary N) is 1. The van der Waals surface area contributed by atoms with E-state index in [4.69, 9.17) is 24.9 Å². The topological polar surface area (TPSA) is 80.3 Å². The number of hydrogen-bond donors (Lipinski definition) is 1. The minimum atomic E-state index is -0.409. The van der Waals surface area contributed by atoms with Crippen LogP contribution in [0, 0.1) is 0 Å². The lowest BCUT2D eigenvalue weighted by atomic mass is 9.96. The number of hydrogen-bond acceptors (Lipinski definition) is 6. The van der Waals surface area contributed by atoms with E-state index in [1.165, 1.54) is 21.9 Å². The summed E-state index contributed by atoms with van der Waals surface area (Å²) in [5.41, 5.74) is 13.5. The first-order chi connectivity index (χ1) is 33.2. The van der Waals surface area contributed by atoms with Crippen molar-refractivity contribution >= 4 is 33.5 Å². The van der Waals surface area contributed by atoms with Crippen molar-refractivity contribution in [2.45, 2.75) is 6.17 Å². The van der Waals surface area contributed by atoms with Crippen molar-refractivity contribution in [3.8, 4) is 62.1 Å². The van der Waals surface area contributed by atoms with Crippen molar-refractivity contribution in [1.29, 1.82) is 0 Å². The Kier molecular flexibility index (Phi) is 10.1. The Bertz CT molecular complexity index is 3640. The highest BCUT2D eigenvalue weighted by Crippen LogP contribution is 2.41. The van der Waals surface area contributed by atoms with E-state index in [0.29, 0.717) is 23.3 Å². The van der Waals surface area contributed by atoms with Gasteiger partial charge in [0.05, 0.1) is 11.0 Å². The first-order valence-electron chi connectivity index (χ1n) is 22.4. The van der Waals surface area contributed by atoms with Crippen molar-refractivity contribution in [3.05, 3.63) is 253 Å². The molecule has 3 heterocycles. The molecule has 0 spiro atoms. The van der Waals surface area contributed by atoms with Crippen LogP contribution in [0.3, 0.4) is 0 Å². The van der Waals surface area contributed by atoms with Gasteiger partial charge in [-0.25, -0.2) is 24.9 Å². The summed E-state index contributed by atoms with van der Waals surface area (Å²) in [4.78, 5) is 25.7. The molecule has 2 aromatic heterocycles. The van der Waals surface area contributed by atoms with Gasteiger partial charge < -0.3 is 9.88 Å². The molecule has 1 aliphatic heterocycles. The summed E-state index contributed by atoms with van der Waals surface area (Å²) in [6, 6.07) is 81.9. The summed E-state index contributed by atoms with van der Waals surface area (Å²) in [5.74, 6) is 3.17. The van der Waals surface area contributed by atoms with Gasteiger partial charge in [0.1, 0.15) is 12.0 Å². The molecule has 0 bridgehead atoms. The van der Waals surface area contributed by atoms with Gasteiger partial charge in [0.15, 0.2) is 23.3 Å². The molecule has 0 amide bonds. The first kappa shape index (κ1) is 39.5. The molecule has 1 atom stereocenters. The monoisotopic (exact) mass is 859 g/mol. The highest BCUT2D eigenvalue weighted by molar-refractivity contribution is 6.17. The summed E-state index contributed by atoms with van der Waals surface area (Å²) >= 11 is 0. The molecule has 12 rings (SSSR count). The minimum Gasteiger partial charge on any atom is -0.344 e. The van der Waals surface area contributed by atoms with Crippen LogP contribution in [-0.4, -0.2) is 31.2 Å². The summed E-state index contributed by atoms with van der Waals surface area (Å²) in [6.45, 7) is 0. The second-order valence-corrected chi connectivity index (χ2v) is 16.5. The maximum Gasteiger partial charge on any atom is 0.164 e. The molecule has 1 aliphatic rings. The molecule has 0 saturated heterocycles. The number of aliphatic imine (C=N–C) groups is 2. The lowest BCUT2D eigenvalue weighted by molar-refractivity contribution is 0.674. The van der Waals surface area contributed by atoms with Crippen LogP contribution in [0.4, 0.5) is 0 Å². The van der Waals surface area contributed by atoms with E-state index in [0.717, 1.165) is 67.1 Å². The molecular weight excluding hydrogens is 819 g/mol. The molecule has 9 aromatic carbocycles. The minimum absolute atomic E-state index is 0.409. The SMILES string of the molecule is c1ccc(C2=NC(c3cccc(-c4nc(-c5ccccc5)nc(-c5cccc(-c6cccc7c6c6cc(-c8ccccc8)ccc6n7-c6ccccc6)c5)n4)c3)NC(c3ccccc3)=N2)cc1. The van der Waals surface area contributed by atoms with Crippen molar-refractivity contribution in [1.82, 2.24) is 24.8 Å². The number of benzene rings is 9. The van der Waals surface area contributed by atoms with Gasteiger partial charge in [-0.1, -0.05) is 194 Å². The molecule has 7 heteroatoms. The summed E-state index contributed by atoms with van der Waals surface area (Å²) in [6.07, 6.45) is -0.409. The van der Waals surface area contributed by atoms with E-state index in [1.807, 2.05) is 84.9 Å². The average Bonchev–Trinajstić information content (AvgIpc) is 3.76. The largest absolute Gasteiger partial charge is 0.344 e. The van der Waals surface area contributed by atoms with Crippen LogP contribution in [0.1, 0.15) is 22.9 Å². The average molecular weight is 860 g/mol. The smallest absolute Gasteiger partial charge is 0.164 e. The van der Waals surface area contributed by atoms with E-state index in [1.54, 1.807) is 0 Å². The molecule has 0 radical (unpaired) electrons. The van der Waals surface area contributed by atoms with Crippen molar-refractivity contribution in [2.75, 3.05) is 0 Å². The van der Waals surface area contributed by atoms with Crippen molar-refractivity contribution in [2.24, 2.45) is 9.98 Å². The van der Waals surface area contributed by atoms with E-state index < -0.39 is 6.17 Å².